The van der Waals surface area contributed by atoms with Crippen molar-refractivity contribution in [2.24, 2.45) is 11.5 Å². The fourth-order valence-electron chi connectivity index (χ4n) is 2.76. The predicted molar refractivity (Wildman–Crippen MR) is 124 cm³/mol. The Labute approximate surface area is 179 Å². The Kier molecular flexibility index (Phi) is 9.71. The van der Waals surface area contributed by atoms with E-state index in [1.54, 1.807) is 14.2 Å². The standard InChI is InChI=1S/C22H23NO3.C3H9N/c1-24-20-7-3-16(4-8-20)18-13-19(15-22(14-18)26-12-11-23)17-5-9-21(25-2)10-6-17;1-2-3-4/h3-10,13-15H,11-12,23H2,1-2H3;2-4H2,1H3. The minimum atomic E-state index is 0.477. The van der Waals surface area contributed by atoms with Crippen molar-refractivity contribution in [1.29, 1.82) is 0 Å². The molecule has 3 aromatic carbocycles. The van der Waals surface area contributed by atoms with Gasteiger partial charge in [-0.2, -0.15) is 0 Å². The van der Waals surface area contributed by atoms with Crippen LogP contribution in [0.1, 0.15) is 13.3 Å². The number of rotatable bonds is 8. The van der Waals surface area contributed by atoms with E-state index in [9.17, 15) is 0 Å². The first kappa shape index (κ1) is 23.3. The molecule has 4 N–H and O–H groups in total. The Morgan fingerprint density at radius 1 is 0.600 bits per heavy atom. The van der Waals surface area contributed by atoms with Gasteiger partial charge in [-0.1, -0.05) is 31.2 Å². The molecule has 0 aliphatic rings. The largest absolute Gasteiger partial charge is 0.497 e. The highest BCUT2D eigenvalue weighted by Crippen LogP contribution is 2.33. The lowest BCUT2D eigenvalue weighted by Crippen LogP contribution is -2.10. The van der Waals surface area contributed by atoms with Crippen molar-refractivity contribution < 1.29 is 14.2 Å². The molecule has 3 rings (SSSR count). The minimum absolute atomic E-state index is 0.477. The van der Waals surface area contributed by atoms with Gasteiger partial charge in [0.1, 0.15) is 23.9 Å². The van der Waals surface area contributed by atoms with Gasteiger partial charge < -0.3 is 25.7 Å². The van der Waals surface area contributed by atoms with Gasteiger partial charge in [0.25, 0.3) is 0 Å². The first-order valence-corrected chi connectivity index (χ1v) is 10.1. The Balaban J connectivity index is 0.000000735. The van der Waals surface area contributed by atoms with Crippen LogP contribution in [-0.2, 0) is 0 Å². The zero-order valence-corrected chi connectivity index (χ0v) is 18.1. The average Bonchev–Trinajstić information content (AvgIpc) is 2.82. The molecule has 0 saturated carbocycles. The molecular weight excluding hydrogens is 376 g/mol. The van der Waals surface area contributed by atoms with Crippen molar-refractivity contribution >= 4 is 0 Å². The van der Waals surface area contributed by atoms with E-state index in [0.717, 1.165) is 52.5 Å². The van der Waals surface area contributed by atoms with E-state index in [2.05, 4.69) is 13.0 Å². The lowest BCUT2D eigenvalue weighted by Gasteiger charge is -2.12. The van der Waals surface area contributed by atoms with Crippen molar-refractivity contribution in [2.45, 2.75) is 13.3 Å². The molecule has 3 aromatic rings. The van der Waals surface area contributed by atoms with Crippen LogP contribution in [-0.4, -0.2) is 33.9 Å². The van der Waals surface area contributed by atoms with Gasteiger partial charge in [-0.05, 0) is 77.7 Å². The Hall–Kier alpha value is -3.02. The van der Waals surface area contributed by atoms with E-state index in [0.29, 0.717) is 13.2 Å². The molecule has 0 unspecified atom stereocenters. The van der Waals surface area contributed by atoms with Crippen LogP contribution in [0, 0.1) is 0 Å². The molecule has 160 valence electrons. The van der Waals surface area contributed by atoms with Gasteiger partial charge in [0.15, 0.2) is 0 Å². The van der Waals surface area contributed by atoms with E-state index in [1.165, 1.54) is 0 Å². The molecule has 0 amide bonds. The summed E-state index contributed by atoms with van der Waals surface area (Å²) in [6, 6.07) is 22.2. The summed E-state index contributed by atoms with van der Waals surface area (Å²) in [5.41, 5.74) is 15.0. The van der Waals surface area contributed by atoms with Crippen LogP contribution < -0.4 is 25.7 Å². The molecule has 0 aliphatic carbocycles. The highest BCUT2D eigenvalue weighted by Gasteiger charge is 2.07. The maximum Gasteiger partial charge on any atom is 0.120 e. The Morgan fingerprint density at radius 2 is 1.03 bits per heavy atom. The summed E-state index contributed by atoms with van der Waals surface area (Å²) in [7, 11) is 3.33. The highest BCUT2D eigenvalue weighted by molar-refractivity contribution is 5.75. The number of hydrogen-bond donors (Lipinski definition) is 2. The average molecular weight is 409 g/mol. The van der Waals surface area contributed by atoms with Gasteiger partial charge in [-0.25, -0.2) is 0 Å². The van der Waals surface area contributed by atoms with Gasteiger partial charge in [0, 0.05) is 6.54 Å². The molecule has 0 heterocycles. The highest BCUT2D eigenvalue weighted by atomic mass is 16.5. The first-order valence-electron chi connectivity index (χ1n) is 10.1. The summed E-state index contributed by atoms with van der Waals surface area (Å²) in [5.74, 6) is 2.47. The Morgan fingerprint density at radius 3 is 1.37 bits per heavy atom. The van der Waals surface area contributed by atoms with Gasteiger partial charge in [-0.15, -0.1) is 0 Å². The van der Waals surface area contributed by atoms with E-state index in [1.807, 2.05) is 60.7 Å². The van der Waals surface area contributed by atoms with Crippen LogP contribution in [0.2, 0.25) is 0 Å². The second-order valence-corrected chi connectivity index (χ2v) is 6.63. The topological polar surface area (TPSA) is 79.7 Å². The molecule has 0 saturated heterocycles. The summed E-state index contributed by atoms with van der Waals surface area (Å²) in [6.45, 7) is 3.83. The van der Waals surface area contributed by atoms with Crippen molar-refractivity contribution in [1.82, 2.24) is 0 Å². The number of nitrogens with two attached hydrogens (primary N) is 2. The molecular formula is C25H32N2O3. The van der Waals surface area contributed by atoms with Gasteiger partial charge >= 0.3 is 0 Å². The summed E-state index contributed by atoms with van der Waals surface area (Å²) in [5, 5.41) is 0. The summed E-state index contributed by atoms with van der Waals surface area (Å²) >= 11 is 0. The zero-order valence-electron chi connectivity index (χ0n) is 18.1. The van der Waals surface area contributed by atoms with Crippen LogP contribution in [0.3, 0.4) is 0 Å². The number of ether oxygens (including phenoxy) is 3. The third-order valence-electron chi connectivity index (χ3n) is 4.43. The lowest BCUT2D eigenvalue weighted by atomic mass is 9.98. The van der Waals surface area contributed by atoms with E-state index < -0.39 is 0 Å². The van der Waals surface area contributed by atoms with Crippen molar-refractivity contribution in [2.75, 3.05) is 33.9 Å². The minimum Gasteiger partial charge on any atom is -0.497 e. The normalized spacial score (nSPS) is 10.0. The smallest absolute Gasteiger partial charge is 0.120 e. The monoisotopic (exact) mass is 408 g/mol. The third-order valence-corrected chi connectivity index (χ3v) is 4.43. The van der Waals surface area contributed by atoms with Crippen molar-refractivity contribution in [3.8, 4) is 39.5 Å². The summed E-state index contributed by atoms with van der Waals surface area (Å²) in [6.07, 6.45) is 1.10. The predicted octanol–water partition coefficient (Wildman–Crippen LogP) is 4.73. The fourth-order valence-corrected chi connectivity index (χ4v) is 2.76. The molecule has 30 heavy (non-hydrogen) atoms. The van der Waals surface area contributed by atoms with E-state index in [-0.39, 0.29) is 0 Å². The van der Waals surface area contributed by atoms with Gasteiger partial charge in [0.05, 0.1) is 14.2 Å². The molecule has 0 atom stereocenters. The SMILES string of the molecule is CCCN.COc1ccc(-c2cc(OCCN)cc(-c3ccc(OC)cc3)c2)cc1. The lowest BCUT2D eigenvalue weighted by molar-refractivity contribution is 0.328. The first-order chi connectivity index (χ1) is 14.6. The molecule has 5 heteroatoms. The molecule has 0 aromatic heterocycles. The number of hydrogen-bond acceptors (Lipinski definition) is 5. The second-order valence-electron chi connectivity index (χ2n) is 6.63. The molecule has 5 nitrogen and oxygen atoms in total. The van der Waals surface area contributed by atoms with Crippen LogP contribution in [0.15, 0.2) is 66.7 Å². The van der Waals surface area contributed by atoms with Crippen molar-refractivity contribution in [3.05, 3.63) is 66.7 Å². The van der Waals surface area contributed by atoms with Gasteiger partial charge in [-0.3, -0.25) is 0 Å². The van der Waals surface area contributed by atoms with Crippen LogP contribution >= 0.6 is 0 Å². The second kappa shape index (κ2) is 12.5. The molecule has 0 fully saturated rings. The van der Waals surface area contributed by atoms with E-state index >= 15 is 0 Å². The maximum atomic E-state index is 5.79. The Bertz CT molecular complexity index is 810. The van der Waals surface area contributed by atoms with E-state index in [4.69, 9.17) is 25.7 Å². The summed E-state index contributed by atoms with van der Waals surface area (Å²) in [4.78, 5) is 0. The molecule has 0 radical (unpaired) electrons. The van der Waals surface area contributed by atoms with Gasteiger partial charge in [0.2, 0.25) is 0 Å². The van der Waals surface area contributed by atoms with Crippen LogP contribution in [0.5, 0.6) is 17.2 Å². The van der Waals surface area contributed by atoms with Crippen molar-refractivity contribution in [3.63, 3.8) is 0 Å². The van der Waals surface area contributed by atoms with Crippen LogP contribution in [0.25, 0.3) is 22.3 Å². The number of methoxy groups -OCH3 is 2. The molecule has 0 bridgehead atoms. The third kappa shape index (κ3) is 6.79. The van der Waals surface area contributed by atoms with Crippen LogP contribution in [0.4, 0.5) is 0 Å². The zero-order chi connectivity index (χ0) is 21.8. The fraction of sp³-hybridized carbons (Fsp3) is 0.280. The maximum absolute atomic E-state index is 5.79. The quantitative estimate of drug-likeness (QED) is 0.563. The molecule has 0 spiro atoms. The summed E-state index contributed by atoms with van der Waals surface area (Å²) < 4.78 is 16.3. The number of benzene rings is 3. The molecule has 0 aliphatic heterocycles.